The van der Waals surface area contributed by atoms with Crippen LogP contribution in [-0.4, -0.2) is 31.7 Å². The Morgan fingerprint density at radius 2 is 1.96 bits per heavy atom. The first-order valence-corrected chi connectivity index (χ1v) is 9.13. The van der Waals surface area contributed by atoms with Crippen LogP contribution in [0.1, 0.15) is 24.4 Å². The molecular formula is C21H21F2N3O2. The first kappa shape index (κ1) is 19.9. The van der Waals surface area contributed by atoms with E-state index in [2.05, 4.69) is 16.7 Å². The van der Waals surface area contributed by atoms with Crippen molar-refractivity contribution in [3.05, 3.63) is 59.7 Å². The van der Waals surface area contributed by atoms with Crippen LogP contribution in [0.5, 0.6) is 0 Å². The summed E-state index contributed by atoms with van der Waals surface area (Å²) in [5.41, 5.74) is 2.01. The van der Waals surface area contributed by atoms with E-state index < -0.39 is 23.8 Å². The van der Waals surface area contributed by atoms with Gasteiger partial charge in [-0.1, -0.05) is 30.3 Å². The summed E-state index contributed by atoms with van der Waals surface area (Å²) in [5.74, 6) is -2.07. The zero-order valence-electron chi connectivity index (χ0n) is 15.3. The summed E-state index contributed by atoms with van der Waals surface area (Å²) in [4.78, 5) is 12.5. The quantitative estimate of drug-likeness (QED) is 0.830. The molecule has 2 atom stereocenters. The molecule has 0 bridgehead atoms. The molecule has 0 saturated carbocycles. The first-order chi connectivity index (χ1) is 13.6. The number of benzene rings is 2. The second-order valence-corrected chi connectivity index (χ2v) is 6.59. The number of halogens is 2. The fourth-order valence-electron chi connectivity index (χ4n) is 3.07. The Hall–Kier alpha value is -2.82. The summed E-state index contributed by atoms with van der Waals surface area (Å²) in [6, 6.07) is 12.4. The largest absolute Gasteiger partial charge is 0.367 e. The topological polar surface area (TPSA) is 74.2 Å². The van der Waals surface area contributed by atoms with Gasteiger partial charge in [0.2, 0.25) is 0 Å². The maximum atomic E-state index is 13.4. The Balaban J connectivity index is 1.73. The summed E-state index contributed by atoms with van der Waals surface area (Å²) < 4.78 is 32.1. The number of hydrogen-bond acceptors (Lipinski definition) is 4. The zero-order valence-corrected chi connectivity index (χ0v) is 15.3. The van der Waals surface area contributed by atoms with Gasteiger partial charge in [0.25, 0.3) is 5.91 Å². The maximum Gasteiger partial charge on any atom is 0.250 e. The summed E-state index contributed by atoms with van der Waals surface area (Å²) in [6.45, 7) is 1.74. The molecule has 0 spiro atoms. The second-order valence-electron chi connectivity index (χ2n) is 6.59. The number of nitrogens with zero attached hydrogens (tertiary/aromatic N) is 1. The predicted octanol–water partition coefficient (Wildman–Crippen LogP) is 3.08. The molecule has 1 aliphatic heterocycles. The zero-order chi connectivity index (χ0) is 19.9. The normalized spacial score (nSPS) is 18.0. The van der Waals surface area contributed by atoms with Gasteiger partial charge in [-0.05, 0) is 41.8 Å². The lowest BCUT2D eigenvalue weighted by atomic mass is 9.99. The number of carbonyl (C=O) groups excluding carboxylic acids is 1. The third kappa shape index (κ3) is 4.91. The molecule has 7 heteroatoms. The Morgan fingerprint density at radius 3 is 2.68 bits per heavy atom. The molecule has 2 aromatic rings. The van der Waals surface area contributed by atoms with Crippen LogP contribution >= 0.6 is 0 Å². The fraction of sp³-hybridized carbons (Fsp3) is 0.333. The van der Waals surface area contributed by atoms with E-state index in [0.717, 1.165) is 30.7 Å². The average Bonchev–Trinajstić information content (AvgIpc) is 2.99. The van der Waals surface area contributed by atoms with Gasteiger partial charge < -0.3 is 15.4 Å². The lowest BCUT2D eigenvalue weighted by molar-refractivity contribution is -0.132. The van der Waals surface area contributed by atoms with E-state index in [1.807, 2.05) is 0 Å². The van der Waals surface area contributed by atoms with Crippen molar-refractivity contribution in [2.75, 3.05) is 19.7 Å². The smallest absolute Gasteiger partial charge is 0.250 e. The van der Waals surface area contributed by atoms with E-state index in [1.54, 1.807) is 24.3 Å². The third-order valence-electron chi connectivity index (χ3n) is 4.62. The van der Waals surface area contributed by atoms with Crippen molar-refractivity contribution in [2.45, 2.75) is 25.0 Å². The number of hydrogen-bond donors (Lipinski definition) is 2. The summed E-state index contributed by atoms with van der Waals surface area (Å²) in [7, 11) is 0. The van der Waals surface area contributed by atoms with Crippen molar-refractivity contribution in [3.63, 3.8) is 0 Å². The fourth-order valence-corrected chi connectivity index (χ4v) is 3.07. The lowest BCUT2D eigenvalue weighted by Gasteiger charge is -2.21. The Morgan fingerprint density at radius 1 is 1.21 bits per heavy atom. The van der Waals surface area contributed by atoms with Gasteiger partial charge in [-0.25, -0.2) is 8.78 Å². The van der Waals surface area contributed by atoms with Gasteiger partial charge in [-0.3, -0.25) is 4.79 Å². The van der Waals surface area contributed by atoms with E-state index in [1.165, 1.54) is 6.07 Å². The lowest BCUT2D eigenvalue weighted by Crippen LogP contribution is -2.42. The van der Waals surface area contributed by atoms with E-state index >= 15 is 0 Å². The van der Waals surface area contributed by atoms with Crippen molar-refractivity contribution in [2.24, 2.45) is 0 Å². The van der Waals surface area contributed by atoms with E-state index in [4.69, 9.17) is 10.00 Å². The molecule has 0 radical (unpaired) electrons. The van der Waals surface area contributed by atoms with Gasteiger partial charge in [-0.15, -0.1) is 0 Å². The average molecular weight is 385 g/mol. The first-order valence-electron chi connectivity index (χ1n) is 9.13. The molecule has 0 aromatic heterocycles. The van der Waals surface area contributed by atoms with Crippen LogP contribution in [0.4, 0.5) is 8.78 Å². The second kappa shape index (κ2) is 9.40. The highest BCUT2D eigenvalue weighted by Gasteiger charge is 2.24. The molecule has 0 unspecified atom stereocenters. The number of nitriles is 1. The van der Waals surface area contributed by atoms with Gasteiger partial charge in [0.1, 0.15) is 6.10 Å². The van der Waals surface area contributed by atoms with Crippen LogP contribution in [0, 0.1) is 23.0 Å². The van der Waals surface area contributed by atoms with Crippen molar-refractivity contribution >= 4 is 5.91 Å². The molecule has 0 aliphatic carbocycles. The minimum Gasteiger partial charge on any atom is -0.367 e. The van der Waals surface area contributed by atoms with Gasteiger partial charge >= 0.3 is 0 Å². The van der Waals surface area contributed by atoms with Gasteiger partial charge in [0.15, 0.2) is 11.6 Å². The predicted molar refractivity (Wildman–Crippen MR) is 100 cm³/mol. The van der Waals surface area contributed by atoms with Crippen LogP contribution in [-0.2, 0) is 9.53 Å². The van der Waals surface area contributed by atoms with Gasteiger partial charge in [-0.2, -0.15) is 5.26 Å². The Labute approximate surface area is 162 Å². The minimum atomic E-state index is -0.909. The molecule has 2 aromatic carbocycles. The minimum absolute atomic E-state index is 0.108. The summed E-state index contributed by atoms with van der Waals surface area (Å²) in [5, 5.41) is 15.2. The molecule has 5 nitrogen and oxygen atoms in total. The molecule has 146 valence electrons. The molecule has 3 rings (SSSR count). The highest BCUT2D eigenvalue weighted by Crippen LogP contribution is 2.25. The molecule has 2 N–H and O–H groups in total. The van der Waals surface area contributed by atoms with E-state index in [9.17, 15) is 13.6 Å². The van der Waals surface area contributed by atoms with E-state index in [-0.39, 0.29) is 12.3 Å². The van der Waals surface area contributed by atoms with Crippen molar-refractivity contribution in [1.29, 1.82) is 5.26 Å². The van der Waals surface area contributed by atoms with E-state index in [0.29, 0.717) is 24.3 Å². The number of ether oxygens (including phenoxy) is 1. The highest BCUT2D eigenvalue weighted by atomic mass is 19.2. The van der Waals surface area contributed by atoms with Crippen LogP contribution in [0.15, 0.2) is 42.5 Å². The van der Waals surface area contributed by atoms with Crippen LogP contribution < -0.4 is 10.6 Å². The Kier molecular flexibility index (Phi) is 6.69. The third-order valence-corrected chi connectivity index (χ3v) is 4.62. The number of carbonyl (C=O) groups is 1. The molecule has 1 aliphatic rings. The molecule has 1 saturated heterocycles. The number of amides is 1. The monoisotopic (exact) mass is 385 g/mol. The SMILES string of the molecule is N#CC[C@H](NC(=O)[C@@H]1CNCCCO1)c1ccc(-c2ccc(F)c(F)c2)cc1. The summed E-state index contributed by atoms with van der Waals surface area (Å²) in [6.07, 6.45) is 0.359. The molecule has 1 amide bonds. The van der Waals surface area contributed by atoms with Gasteiger partial charge in [0, 0.05) is 13.2 Å². The van der Waals surface area contributed by atoms with Gasteiger partial charge in [0.05, 0.1) is 18.5 Å². The van der Waals surface area contributed by atoms with Crippen molar-refractivity contribution in [3.8, 4) is 17.2 Å². The number of nitrogens with one attached hydrogen (secondary N) is 2. The molecule has 1 fully saturated rings. The maximum absolute atomic E-state index is 13.4. The van der Waals surface area contributed by atoms with Crippen LogP contribution in [0.25, 0.3) is 11.1 Å². The van der Waals surface area contributed by atoms with Crippen molar-refractivity contribution < 1.29 is 18.3 Å². The number of rotatable bonds is 5. The standard InChI is InChI=1S/C21H21F2N3O2/c22-17-7-6-16(12-18(17)23)14-2-4-15(5-3-14)19(8-9-24)26-21(27)20-13-25-10-1-11-28-20/h2-7,12,19-20,25H,1,8,10-11,13H2,(H,26,27)/t19-,20-/m0/s1. The Bertz CT molecular complexity index is 857. The molecule has 1 heterocycles. The molecular weight excluding hydrogens is 364 g/mol. The highest BCUT2D eigenvalue weighted by molar-refractivity contribution is 5.81. The summed E-state index contributed by atoms with van der Waals surface area (Å²) >= 11 is 0. The van der Waals surface area contributed by atoms with Crippen LogP contribution in [0.3, 0.4) is 0 Å². The van der Waals surface area contributed by atoms with Crippen LogP contribution in [0.2, 0.25) is 0 Å². The molecule has 28 heavy (non-hydrogen) atoms. The van der Waals surface area contributed by atoms with Crippen molar-refractivity contribution in [1.82, 2.24) is 10.6 Å².